The van der Waals surface area contributed by atoms with Crippen LogP contribution in [0.15, 0.2) is 11.6 Å². The Kier molecular flexibility index (Phi) is 3.69. The summed E-state index contributed by atoms with van der Waals surface area (Å²) in [6.45, 7) is 3.12. The van der Waals surface area contributed by atoms with Gasteiger partial charge in [0.15, 0.2) is 0 Å². The maximum atomic E-state index is 5.51. The van der Waals surface area contributed by atoms with Crippen molar-refractivity contribution in [1.29, 1.82) is 0 Å². The summed E-state index contributed by atoms with van der Waals surface area (Å²) >= 11 is 1.67. The quantitative estimate of drug-likeness (QED) is 0.817. The van der Waals surface area contributed by atoms with Crippen LogP contribution in [-0.2, 0) is 16.0 Å². The number of hydrogen-bond donors (Lipinski definition) is 1. The topological polar surface area (TPSA) is 43.4 Å². The Morgan fingerprint density at radius 1 is 1.73 bits per heavy atom. The second-order valence-corrected chi connectivity index (χ2v) is 4.70. The maximum Gasteiger partial charge on any atom is 0.106 e. The smallest absolute Gasteiger partial charge is 0.106 e. The van der Waals surface area contributed by atoms with E-state index in [0.717, 1.165) is 31.1 Å². The Bertz CT molecular complexity index is 284. The first kappa shape index (κ1) is 11.0. The van der Waals surface area contributed by atoms with Crippen molar-refractivity contribution in [2.24, 2.45) is 0 Å². The summed E-state index contributed by atoms with van der Waals surface area (Å²) in [5.41, 5.74) is -0.128. The largest absolute Gasteiger partial charge is 0.378 e. The highest BCUT2D eigenvalue weighted by molar-refractivity contribution is 7.09. The number of rotatable bonds is 5. The van der Waals surface area contributed by atoms with Crippen LogP contribution in [0.4, 0.5) is 0 Å². The number of ether oxygens (including phenoxy) is 2. The van der Waals surface area contributed by atoms with Gasteiger partial charge in [0, 0.05) is 44.8 Å². The molecule has 1 aromatic heterocycles. The van der Waals surface area contributed by atoms with Gasteiger partial charge in [0.1, 0.15) is 10.6 Å². The summed E-state index contributed by atoms with van der Waals surface area (Å²) in [5, 5.41) is 6.46. The van der Waals surface area contributed by atoms with Crippen molar-refractivity contribution in [3.8, 4) is 0 Å². The van der Waals surface area contributed by atoms with E-state index in [1.165, 1.54) is 0 Å². The Morgan fingerprint density at radius 3 is 3.27 bits per heavy atom. The summed E-state index contributed by atoms with van der Waals surface area (Å²) in [7, 11) is 1.75. The van der Waals surface area contributed by atoms with Gasteiger partial charge in [-0.3, -0.25) is 0 Å². The highest BCUT2D eigenvalue weighted by Crippen LogP contribution is 2.21. The van der Waals surface area contributed by atoms with Crippen LogP contribution >= 0.6 is 11.3 Å². The molecule has 84 valence electrons. The maximum absolute atomic E-state index is 5.51. The molecule has 1 atom stereocenters. The molecule has 0 aliphatic carbocycles. The van der Waals surface area contributed by atoms with E-state index < -0.39 is 0 Å². The summed E-state index contributed by atoms with van der Waals surface area (Å²) in [6, 6.07) is 0. The first-order chi connectivity index (χ1) is 7.35. The van der Waals surface area contributed by atoms with Gasteiger partial charge in [-0.2, -0.15) is 0 Å². The first-order valence-corrected chi connectivity index (χ1v) is 5.95. The predicted molar refractivity (Wildman–Crippen MR) is 59.0 cm³/mol. The third kappa shape index (κ3) is 2.75. The molecule has 1 unspecified atom stereocenters. The molecule has 1 fully saturated rings. The molecule has 0 bridgehead atoms. The Labute approximate surface area is 93.6 Å². The molecule has 1 aliphatic heterocycles. The average molecular weight is 228 g/mol. The molecule has 2 heterocycles. The van der Waals surface area contributed by atoms with Crippen molar-refractivity contribution < 1.29 is 9.47 Å². The fourth-order valence-corrected chi connectivity index (χ4v) is 2.28. The minimum absolute atomic E-state index is 0.128. The van der Waals surface area contributed by atoms with Gasteiger partial charge in [-0.05, 0) is 0 Å². The van der Waals surface area contributed by atoms with E-state index in [2.05, 4.69) is 10.3 Å². The third-order valence-corrected chi connectivity index (χ3v) is 3.49. The molecular formula is C10H16N2O2S. The first-order valence-electron chi connectivity index (χ1n) is 5.07. The zero-order valence-electron chi connectivity index (χ0n) is 8.86. The van der Waals surface area contributed by atoms with Crippen LogP contribution in [0.3, 0.4) is 0 Å². The minimum atomic E-state index is -0.128. The molecule has 0 radical (unpaired) electrons. The lowest BCUT2D eigenvalue weighted by Gasteiger charge is -2.25. The van der Waals surface area contributed by atoms with E-state index in [1.54, 1.807) is 18.4 Å². The van der Waals surface area contributed by atoms with Crippen LogP contribution in [0.2, 0.25) is 0 Å². The molecule has 4 nitrogen and oxygen atoms in total. The lowest BCUT2D eigenvalue weighted by atomic mass is 10.0. The normalized spacial score (nSPS) is 25.9. The van der Waals surface area contributed by atoms with Crippen LogP contribution in [0.25, 0.3) is 0 Å². The van der Waals surface area contributed by atoms with Crippen molar-refractivity contribution in [3.05, 3.63) is 16.6 Å². The molecule has 15 heavy (non-hydrogen) atoms. The van der Waals surface area contributed by atoms with E-state index in [4.69, 9.17) is 9.47 Å². The average Bonchev–Trinajstić information content (AvgIpc) is 2.89. The number of nitrogens with zero attached hydrogens (tertiary/aromatic N) is 1. The van der Waals surface area contributed by atoms with Gasteiger partial charge < -0.3 is 14.8 Å². The molecule has 0 saturated carbocycles. The fraction of sp³-hybridized carbons (Fsp3) is 0.700. The number of methoxy groups -OCH3 is 1. The standard InChI is InChI=1S/C10H16N2O2S/c1-13-10(2-4-14-8-10)7-11-6-9-12-3-5-15-9/h3,5,11H,2,4,6-8H2,1H3. The van der Waals surface area contributed by atoms with E-state index in [0.29, 0.717) is 6.61 Å². The molecule has 2 rings (SSSR count). The van der Waals surface area contributed by atoms with Crippen molar-refractivity contribution in [3.63, 3.8) is 0 Å². The minimum Gasteiger partial charge on any atom is -0.378 e. The summed E-state index contributed by atoms with van der Waals surface area (Å²) in [5.74, 6) is 0. The van der Waals surface area contributed by atoms with Crippen LogP contribution in [0.1, 0.15) is 11.4 Å². The van der Waals surface area contributed by atoms with Crippen molar-refractivity contribution >= 4 is 11.3 Å². The number of nitrogens with one attached hydrogen (secondary N) is 1. The van der Waals surface area contributed by atoms with Crippen molar-refractivity contribution in [2.45, 2.75) is 18.6 Å². The highest BCUT2D eigenvalue weighted by Gasteiger charge is 2.34. The second-order valence-electron chi connectivity index (χ2n) is 3.72. The van der Waals surface area contributed by atoms with Gasteiger partial charge in [-0.25, -0.2) is 4.98 Å². The van der Waals surface area contributed by atoms with Gasteiger partial charge in [-0.1, -0.05) is 0 Å². The zero-order chi connectivity index (χ0) is 10.6. The Hall–Kier alpha value is -0.490. The molecule has 1 aliphatic rings. The predicted octanol–water partition coefficient (Wildman–Crippen LogP) is 1.04. The summed E-state index contributed by atoms with van der Waals surface area (Å²) in [6.07, 6.45) is 2.79. The molecule has 0 amide bonds. The summed E-state index contributed by atoms with van der Waals surface area (Å²) in [4.78, 5) is 4.21. The van der Waals surface area contributed by atoms with Crippen LogP contribution in [-0.4, -0.2) is 37.5 Å². The Morgan fingerprint density at radius 2 is 2.67 bits per heavy atom. The molecule has 0 aromatic carbocycles. The molecule has 5 heteroatoms. The van der Waals surface area contributed by atoms with Crippen LogP contribution in [0, 0.1) is 0 Å². The lowest BCUT2D eigenvalue weighted by Crippen LogP contribution is -2.42. The number of aromatic nitrogens is 1. The van der Waals surface area contributed by atoms with Crippen molar-refractivity contribution in [1.82, 2.24) is 10.3 Å². The molecule has 1 saturated heterocycles. The van der Waals surface area contributed by atoms with Gasteiger partial charge in [-0.15, -0.1) is 11.3 Å². The van der Waals surface area contributed by atoms with Gasteiger partial charge in [0.25, 0.3) is 0 Å². The zero-order valence-corrected chi connectivity index (χ0v) is 9.68. The molecule has 0 spiro atoms. The molecule has 1 aromatic rings. The van der Waals surface area contributed by atoms with Gasteiger partial charge >= 0.3 is 0 Å². The van der Waals surface area contributed by atoms with E-state index in [1.807, 2.05) is 11.6 Å². The highest BCUT2D eigenvalue weighted by atomic mass is 32.1. The van der Waals surface area contributed by atoms with E-state index in [-0.39, 0.29) is 5.60 Å². The van der Waals surface area contributed by atoms with E-state index >= 15 is 0 Å². The van der Waals surface area contributed by atoms with Crippen LogP contribution in [0.5, 0.6) is 0 Å². The SMILES string of the molecule is COC1(CNCc2nccs2)CCOC1. The number of hydrogen-bond acceptors (Lipinski definition) is 5. The van der Waals surface area contributed by atoms with Gasteiger partial charge in [0.2, 0.25) is 0 Å². The fourth-order valence-electron chi connectivity index (χ4n) is 1.70. The monoisotopic (exact) mass is 228 g/mol. The van der Waals surface area contributed by atoms with Gasteiger partial charge in [0.05, 0.1) is 6.61 Å². The van der Waals surface area contributed by atoms with Crippen molar-refractivity contribution in [2.75, 3.05) is 26.9 Å². The van der Waals surface area contributed by atoms with E-state index in [9.17, 15) is 0 Å². The second kappa shape index (κ2) is 5.03. The van der Waals surface area contributed by atoms with Crippen LogP contribution < -0.4 is 5.32 Å². The molecule has 1 N–H and O–H groups in total. The number of thiazole rings is 1. The third-order valence-electron chi connectivity index (χ3n) is 2.71. The summed E-state index contributed by atoms with van der Waals surface area (Å²) < 4.78 is 10.9. The Balaban J connectivity index is 1.77. The lowest BCUT2D eigenvalue weighted by molar-refractivity contribution is -0.0159. The molecular weight excluding hydrogens is 212 g/mol.